The van der Waals surface area contributed by atoms with E-state index in [1.54, 1.807) is 0 Å². The highest BCUT2D eigenvalue weighted by Crippen LogP contribution is 2.14. The van der Waals surface area contributed by atoms with Crippen molar-refractivity contribution in [3.05, 3.63) is 72.9 Å². The molecule has 0 aromatic heterocycles. The Morgan fingerprint density at radius 1 is 0.344 bits per heavy atom. The fourth-order valence-corrected chi connectivity index (χ4v) is 6.87. The molecule has 1 atom stereocenters. The van der Waals surface area contributed by atoms with Crippen LogP contribution in [-0.4, -0.2) is 37.2 Å². The number of hydrogen-bond acceptors (Lipinski definition) is 6. The smallest absolute Gasteiger partial charge is 0.306 e. The first-order chi connectivity index (χ1) is 30.0. The summed E-state index contributed by atoms with van der Waals surface area (Å²) >= 11 is 0. The summed E-state index contributed by atoms with van der Waals surface area (Å²) in [6.45, 7) is 6.46. The van der Waals surface area contributed by atoms with E-state index in [4.69, 9.17) is 14.2 Å². The summed E-state index contributed by atoms with van der Waals surface area (Å²) in [5.74, 6) is -0.926. The number of allylic oxidation sites excluding steroid dienone is 12. The lowest BCUT2D eigenvalue weighted by molar-refractivity contribution is -0.167. The first kappa shape index (κ1) is 57.9. The van der Waals surface area contributed by atoms with Crippen LogP contribution in [0.15, 0.2) is 72.9 Å². The molecule has 0 unspecified atom stereocenters. The third-order valence-electron chi connectivity index (χ3n) is 10.7. The van der Waals surface area contributed by atoms with Crippen molar-refractivity contribution in [2.45, 2.75) is 245 Å². The van der Waals surface area contributed by atoms with Gasteiger partial charge in [0, 0.05) is 19.3 Å². The van der Waals surface area contributed by atoms with Crippen LogP contribution in [-0.2, 0) is 28.6 Å². The second-order valence-corrected chi connectivity index (χ2v) is 16.7. The monoisotopic (exact) mass is 851 g/mol. The number of hydrogen-bond donors (Lipinski definition) is 0. The lowest BCUT2D eigenvalue weighted by Crippen LogP contribution is -2.30. The Bertz CT molecular complexity index is 1160. The zero-order valence-electron chi connectivity index (χ0n) is 39.9. The molecule has 0 N–H and O–H groups in total. The molecule has 0 radical (unpaired) electrons. The van der Waals surface area contributed by atoms with Crippen molar-refractivity contribution < 1.29 is 28.6 Å². The highest BCUT2D eigenvalue weighted by atomic mass is 16.6. The van der Waals surface area contributed by atoms with Crippen LogP contribution in [0.25, 0.3) is 0 Å². The predicted molar refractivity (Wildman–Crippen MR) is 261 cm³/mol. The van der Waals surface area contributed by atoms with Gasteiger partial charge in [-0.1, -0.05) is 203 Å². The van der Waals surface area contributed by atoms with Crippen LogP contribution in [0.2, 0.25) is 0 Å². The SMILES string of the molecule is CC/C=C\C/C=C\C/C=C\C/C=C\CCCCCCC(=O)OC[C@H](COC(=O)CCCCCCCCCCCCC)OC(=O)CCCCCCC/C=C\C/C=C\CCCCC. The molecular formula is C55H94O6. The molecule has 350 valence electrons. The molecule has 61 heavy (non-hydrogen) atoms. The maximum Gasteiger partial charge on any atom is 0.306 e. The molecule has 0 spiro atoms. The molecule has 0 bridgehead atoms. The number of esters is 3. The van der Waals surface area contributed by atoms with Crippen LogP contribution in [0.5, 0.6) is 0 Å². The highest BCUT2D eigenvalue weighted by molar-refractivity contribution is 5.71. The van der Waals surface area contributed by atoms with Crippen molar-refractivity contribution in [1.82, 2.24) is 0 Å². The van der Waals surface area contributed by atoms with Crippen molar-refractivity contribution in [1.29, 1.82) is 0 Å². The standard InChI is InChI=1S/C55H94O6/c1-4-7-10-13-16-19-22-24-26-27-29-30-33-36-39-42-45-48-54(57)60-51-52(50-59-53(56)47-44-41-38-35-32-21-18-15-12-9-6-3)61-55(58)49-46-43-40-37-34-31-28-25-23-20-17-14-11-8-5-2/h7,10,16-17,19-20,24-26,28-30,52H,4-6,8-9,11-15,18,21-23,27,31-51H2,1-3H3/b10-7-,19-16-,20-17-,26-24-,28-25-,30-29-/t52-/m0/s1. The van der Waals surface area contributed by atoms with Crippen LogP contribution < -0.4 is 0 Å². The fourth-order valence-electron chi connectivity index (χ4n) is 6.87. The van der Waals surface area contributed by atoms with Crippen molar-refractivity contribution >= 4 is 17.9 Å². The average Bonchev–Trinajstić information content (AvgIpc) is 3.26. The van der Waals surface area contributed by atoms with Crippen LogP contribution in [0, 0.1) is 0 Å². The summed E-state index contributed by atoms with van der Waals surface area (Å²) in [6.07, 6.45) is 61.6. The van der Waals surface area contributed by atoms with Gasteiger partial charge in [-0.15, -0.1) is 0 Å². The summed E-state index contributed by atoms with van der Waals surface area (Å²) in [5.41, 5.74) is 0. The summed E-state index contributed by atoms with van der Waals surface area (Å²) < 4.78 is 16.8. The molecule has 0 fully saturated rings. The molecule has 0 aliphatic rings. The number of unbranched alkanes of at least 4 members (excludes halogenated alkanes) is 22. The van der Waals surface area contributed by atoms with Crippen molar-refractivity contribution in [2.75, 3.05) is 13.2 Å². The van der Waals surface area contributed by atoms with Gasteiger partial charge in [0.25, 0.3) is 0 Å². The first-order valence-electron chi connectivity index (χ1n) is 25.4. The minimum atomic E-state index is -0.790. The van der Waals surface area contributed by atoms with Gasteiger partial charge in [0.2, 0.25) is 0 Å². The van der Waals surface area contributed by atoms with Gasteiger partial charge in [0.1, 0.15) is 13.2 Å². The molecule has 0 heterocycles. The first-order valence-corrected chi connectivity index (χ1v) is 25.4. The Balaban J connectivity index is 4.44. The Labute approximate surface area is 376 Å². The van der Waals surface area contributed by atoms with Gasteiger partial charge < -0.3 is 14.2 Å². The lowest BCUT2D eigenvalue weighted by Gasteiger charge is -2.18. The third-order valence-corrected chi connectivity index (χ3v) is 10.7. The molecule has 0 amide bonds. The van der Waals surface area contributed by atoms with Gasteiger partial charge in [0.05, 0.1) is 0 Å². The van der Waals surface area contributed by atoms with E-state index in [-0.39, 0.29) is 31.1 Å². The van der Waals surface area contributed by atoms with E-state index in [1.165, 1.54) is 77.0 Å². The van der Waals surface area contributed by atoms with Crippen LogP contribution in [0.3, 0.4) is 0 Å². The van der Waals surface area contributed by atoms with E-state index in [0.29, 0.717) is 19.3 Å². The van der Waals surface area contributed by atoms with E-state index in [2.05, 4.69) is 93.7 Å². The van der Waals surface area contributed by atoms with Crippen molar-refractivity contribution in [3.63, 3.8) is 0 Å². The maximum absolute atomic E-state index is 12.8. The number of ether oxygens (including phenoxy) is 3. The summed E-state index contributed by atoms with van der Waals surface area (Å²) in [5, 5.41) is 0. The van der Waals surface area contributed by atoms with Crippen molar-refractivity contribution in [2.24, 2.45) is 0 Å². The molecule has 0 aliphatic heterocycles. The zero-order valence-corrected chi connectivity index (χ0v) is 39.9. The van der Waals surface area contributed by atoms with E-state index >= 15 is 0 Å². The van der Waals surface area contributed by atoms with Gasteiger partial charge >= 0.3 is 17.9 Å². The summed E-state index contributed by atoms with van der Waals surface area (Å²) in [7, 11) is 0. The van der Waals surface area contributed by atoms with E-state index in [0.717, 1.165) is 122 Å². The Morgan fingerprint density at radius 2 is 0.639 bits per heavy atom. The molecule has 0 aromatic carbocycles. The predicted octanol–water partition coefficient (Wildman–Crippen LogP) is 16.6. The van der Waals surface area contributed by atoms with Crippen LogP contribution in [0.1, 0.15) is 239 Å². The maximum atomic E-state index is 12.8. The molecule has 0 aliphatic carbocycles. The minimum Gasteiger partial charge on any atom is -0.462 e. The molecule has 0 aromatic rings. The molecule has 6 heteroatoms. The Morgan fingerprint density at radius 3 is 1.03 bits per heavy atom. The number of carbonyl (C=O) groups is 3. The highest BCUT2D eigenvalue weighted by Gasteiger charge is 2.19. The Kier molecular flexibility index (Phi) is 46.9. The van der Waals surface area contributed by atoms with Crippen LogP contribution >= 0.6 is 0 Å². The molecule has 0 rings (SSSR count). The molecule has 0 saturated heterocycles. The number of rotatable bonds is 45. The van der Waals surface area contributed by atoms with Gasteiger partial charge in [-0.3, -0.25) is 14.4 Å². The largest absolute Gasteiger partial charge is 0.462 e. The molecular weight excluding hydrogens is 757 g/mol. The third kappa shape index (κ3) is 47.7. The van der Waals surface area contributed by atoms with Gasteiger partial charge in [-0.05, 0) is 89.9 Å². The van der Waals surface area contributed by atoms with Crippen LogP contribution in [0.4, 0.5) is 0 Å². The molecule has 0 saturated carbocycles. The normalized spacial score (nSPS) is 12.6. The van der Waals surface area contributed by atoms with Crippen molar-refractivity contribution in [3.8, 4) is 0 Å². The van der Waals surface area contributed by atoms with E-state index in [9.17, 15) is 14.4 Å². The van der Waals surface area contributed by atoms with E-state index < -0.39 is 6.10 Å². The second kappa shape index (κ2) is 49.5. The van der Waals surface area contributed by atoms with Gasteiger partial charge in [-0.25, -0.2) is 0 Å². The number of carbonyl (C=O) groups excluding carboxylic acids is 3. The summed E-state index contributed by atoms with van der Waals surface area (Å²) in [4.78, 5) is 37.9. The minimum absolute atomic E-state index is 0.0879. The van der Waals surface area contributed by atoms with Gasteiger partial charge in [-0.2, -0.15) is 0 Å². The Hall–Kier alpha value is -3.15. The molecule has 6 nitrogen and oxygen atoms in total. The lowest BCUT2D eigenvalue weighted by atomic mass is 10.1. The average molecular weight is 851 g/mol. The zero-order chi connectivity index (χ0) is 44.4. The summed E-state index contributed by atoms with van der Waals surface area (Å²) in [6, 6.07) is 0. The quantitative estimate of drug-likeness (QED) is 0.0263. The topological polar surface area (TPSA) is 78.9 Å². The van der Waals surface area contributed by atoms with Gasteiger partial charge in [0.15, 0.2) is 6.10 Å². The fraction of sp³-hybridized carbons (Fsp3) is 0.727. The second-order valence-electron chi connectivity index (χ2n) is 16.7. The van der Waals surface area contributed by atoms with E-state index in [1.807, 2.05) is 0 Å².